The number of ether oxygens (including phenoxy) is 1. The Labute approximate surface area is 108 Å². The van der Waals surface area contributed by atoms with Crippen molar-refractivity contribution >= 4 is 17.3 Å². The van der Waals surface area contributed by atoms with Crippen molar-refractivity contribution < 1.29 is 19.1 Å². The van der Waals surface area contributed by atoms with E-state index in [-0.39, 0.29) is 18.1 Å². The molecule has 2 rings (SSSR count). The van der Waals surface area contributed by atoms with Crippen LogP contribution >= 0.6 is 11.3 Å². The number of oxazole rings is 1. The standard InChI is InChI=1S/C12H13NO4S/c1-2-5-16-7-8-10(12(14)15)13-11(17-8)9-4-3-6-18-9/h3-4,6H,2,5,7H2,1H3,(H,14,15). The second-order valence-electron chi connectivity index (χ2n) is 3.63. The number of rotatable bonds is 6. The second-order valence-corrected chi connectivity index (χ2v) is 4.57. The average molecular weight is 267 g/mol. The Kier molecular flexibility index (Phi) is 4.11. The Morgan fingerprint density at radius 2 is 2.44 bits per heavy atom. The third kappa shape index (κ3) is 2.77. The molecular formula is C12H13NO4S. The molecule has 2 aromatic rings. The van der Waals surface area contributed by atoms with Crippen LogP contribution in [0, 0.1) is 0 Å². The quantitative estimate of drug-likeness (QED) is 0.814. The normalized spacial score (nSPS) is 10.7. The molecule has 0 atom stereocenters. The Morgan fingerprint density at radius 3 is 3.06 bits per heavy atom. The molecule has 96 valence electrons. The Bertz CT molecular complexity index is 518. The van der Waals surface area contributed by atoms with Crippen molar-refractivity contribution in [3.05, 3.63) is 29.0 Å². The van der Waals surface area contributed by atoms with Crippen LogP contribution in [0.25, 0.3) is 10.8 Å². The first-order chi connectivity index (χ1) is 8.72. The van der Waals surface area contributed by atoms with E-state index in [1.807, 2.05) is 24.4 Å². The molecule has 0 unspecified atom stereocenters. The third-order valence-electron chi connectivity index (χ3n) is 2.21. The molecule has 2 aromatic heterocycles. The summed E-state index contributed by atoms with van der Waals surface area (Å²) >= 11 is 1.45. The molecule has 0 radical (unpaired) electrons. The lowest BCUT2D eigenvalue weighted by molar-refractivity contribution is 0.0674. The first kappa shape index (κ1) is 12.8. The van der Waals surface area contributed by atoms with Crippen LogP contribution in [0.15, 0.2) is 21.9 Å². The van der Waals surface area contributed by atoms with Crippen LogP contribution in [0.3, 0.4) is 0 Å². The van der Waals surface area contributed by atoms with Gasteiger partial charge in [-0.15, -0.1) is 11.3 Å². The first-order valence-electron chi connectivity index (χ1n) is 5.57. The lowest BCUT2D eigenvalue weighted by Crippen LogP contribution is -2.03. The molecule has 0 aliphatic heterocycles. The summed E-state index contributed by atoms with van der Waals surface area (Å²) < 4.78 is 10.8. The van der Waals surface area contributed by atoms with Crippen molar-refractivity contribution in [3.8, 4) is 10.8 Å². The van der Waals surface area contributed by atoms with Crippen molar-refractivity contribution in [2.75, 3.05) is 6.61 Å². The molecule has 0 aromatic carbocycles. The fraction of sp³-hybridized carbons (Fsp3) is 0.333. The zero-order chi connectivity index (χ0) is 13.0. The van der Waals surface area contributed by atoms with Gasteiger partial charge in [0, 0.05) is 6.61 Å². The highest BCUT2D eigenvalue weighted by molar-refractivity contribution is 7.13. The monoisotopic (exact) mass is 267 g/mol. The number of carboxylic acids is 1. The molecule has 1 N–H and O–H groups in total. The van der Waals surface area contributed by atoms with E-state index in [1.54, 1.807) is 0 Å². The molecule has 5 nitrogen and oxygen atoms in total. The van der Waals surface area contributed by atoms with Gasteiger partial charge in [0.25, 0.3) is 0 Å². The van der Waals surface area contributed by atoms with Crippen LogP contribution in [0.4, 0.5) is 0 Å². The molecule has 0 fully saturated rings. The summed E-state index contributed by atoms with van der Waals surface area (Å²) in [4.78, 5) is 15.9. The topological polar surface area (TPSA) is 72.6 Å². The lowest BCUT2D eigenvalue weighted by atomic mass is 10.3. The molecule has 0 aliphatic rings. The lowest BCUT2D eigenvalue weighted by Gasteiger charge is -1.99. The van der Waals surface area contributed by atoms with E-state index in [4.69, 9.17) is 14.3 Å². The number of hydrogen-bond acceptors (Lipinski definition) is 5. The molecule has 0 saturated carbocycles. The summed E-state index contributed by atoms with van der Waals surface area (Å²) in [6, 6.07) is 3.69. The summed E-state index contributed by atoms with van der Waals surface area (Å²) in [5.41, 5.74) is -0.0745. The average Bonchev–Trinajstić information content (AvgIpc) is 2.97. The minimum Gasteiger partial charge on any atom is -0.476 e. The maximum atomic E-state index is 11.1. The molecule has 6 heteroatoms. The van der Waals surface area contributed by atoms with Crippen LogP contribution < -0.4 is 0 Å². The fourth-order valence-electron chi connectivity index (χ4n) is 1.43. The molecule has 0 saturated heterocycles. The number of carbonyl (C=O) groups is 1. The van der Waals surface area contributed by atoms with E-state index in [0.717, 1.165) is 11.3 Å². The van der Waals surface area contributed by atoms with Crippen molar-refractivity contribution in [2.24, 2.45) is 0 Å². The summed E-state index contributed by atoms with van der Waals surface area (Å²) in [5, 5.41) is 10.9. The van der Waals surface area contributed by atoms with Crippen LogP contribution in [0.2, 0.25) is 0 Å². The van der Waals surface area contributed by atoms with Gasteiger partial charge in [-0.25, -0.2) is 9.78 Å². The van der Waals surface area contributed by atoms with Gasteiger partial charge in [0.2, 0.25) is 5.89 Å². The van der Waals surface area contributed by atoms with Crippen molar-refractivity contribution in [2.45, 2.75) is 20.0 Å². The molecule has 18 heavy (non-hydrogen) atoms. The van der Waals surface area contributed by atoms with Crippen LogP contribution in [-0.4, -0.2) is 22.7 Å². The van der Waals surface area contributed by atoms with Crippen LogP contribution in [0.5, 0.6) is 0 Å². The predicted molar refractivity (Wildman–Crippen MR) is 66.7 cm³/mol. The van der Waals surface area contributed by atoms with E-state index < -0.39 is 5.97 Å². The van der Waals surface area contributed by atoms with Gasteiger partial charge in [-0.3, -0.25) is 0 Å². The van der Waals surface area contributed by atoms with Crippen LogP contribution in [-0.2, 0) is 11.3 Å². The van der Waals surface area contributed by atoms with Gasteiger partial charge in [-0.1, -0.05) is 13.0 Å². The van der Waals surface area contributed by atoms with Gasteiger partial charge >= 0.3 is 5.97 Å². The minimum atomic E-state index is -1.10. The third-order valence-corrected chi connectivity index (χ3v) is 3.07. The largest absolute Gasteiger partial charge is 0.476 e. The number of aromatic carboxylic acids is 1. The highest BCUT2D eigenvalue weighted by Gasteiger charge is 2.20. The molecular weight excluding hydrogens is 254 g/mol. The highest BCUT2D eigenvalue weighted by Crippen LogP contribution is 2.26. The number of hydrogen-bond donors (Lipinski definition) is 1. The summed E-state index contributed by atoms with van der Waals surface area (Å²) in [5.74, 6) is -0.506. The number of aromatic nitrogens is 1. The number of nitrogens with zero attached hydrogens (tertiary/aromatic N) is 1. The van der Waals surface area contributed by atoms with Crippen molar-refractivity contribution in [3.63, 3.8) is 0 Å². The molecule has 0 aliphatic carbocycles. The van der Waals surface area contributed by atoms with Gasteiger partial charge in [-0.05, 0) is 17.9 Å². The molecule has 0 amide bonds. The van der Waals surface area contributed by atoms with Crippen LogP contribution in [0.1, 0.15) is 29.6 Å². The fourth-order valence-corrected chi connectivity index (χ4v) is 2.08. The van der Waals surface area contributed by atoms with Gasteiger partial charge in [-0.2, -0.15) is 0 Å². The first-order valence-corrected chi connectivity index (χ1v) is 6.45. The molecule has 0 bridgehead atoms. The maximum absolute atomic E-state index is 11.1. The summed E-state index contributed by atoms with van der Waals surface area (Å²) in [6.07, 6.45) is 0.869. The van der Waals surface area contributed by atoms with E-state index in [1.165, 1.54) is 11.3 Å². The maximum Gasteiger partial charge on any atom is 0.358 e. The van der Waals surface area contributed by atoms with Gasteiger partial charge in [0.05, 0.1) is 4.88 Å². The second kappa shape index (κ2) is 5.79. The smallest absolute Gasteiger partial charge is 0.358 e. The minimum absolute atomic E-state index is 0.0745. The SMILES string of the molecule is CCCOCc1oc(-c2cccs2)nc1C(=O)O. The van der Waals surface area contributed by atoms with Gasteiger partial charge < -0.3 is 14.3 Å². The molecule has 2 heterocycles. The molecule has 0 spiro atoms. The van der Waals surface area contributed by atoms with E-state index in [9.17, 15) is 4.79 Å². The Morgan fingerprint density at radius 1 is 1.61 bits per heavy atom. The van der Waals surface area contributed by atoms with E-state index in [2.05, 4.69) is 4.98 Å². The highest BCUT2D eigenvalue weighted by atomic mass is 32.1. The van der Waals surface area contributed by atoms with E-state index >= 15 is 0 Å². The van der Waals surface area contributed by atoms with Crippen molar-refractivity contribution in [1.29, 1.82) is 0 Å². The van der Waals surface area contributed by atoms with E-state index in [0.29, 0.717) is 12.5 Å². The zero-order valence-corrected chi connectivity index (χ0v) is 10.7. The Balaban J connectivity index is 2.24. The Hall–Kier alpha value is -1.66. The summed E-state index contributed by atoms with van der Waals surface area (Å²) in [6.45, 7) is 2.68. The van der Waals surface area contributed by atoms with Gasteiger partial charge in [0.15, 0.2) is 11.5 Å². The predicted octanol–water partition coefficient (Wildman–Crippen LogP) is 3.03. The number of carboxylic acid groups (broad SMARTS) is 1. The van der Waals surface area contributed by atoms with Crippen molar-refractivity contribution in [1.82, 2.24) is 4.98 Å². The number of thiophene rings is 1. The zero-order valence-electron chi connectivity index (χ0n) is 9.88. The summed E-state index contributed by atoms with van der Waals surface area (Å²) in [7, 11) is 0. The van der Waals surface area contributed by atoms with Gasteiger partial charge in [0.1, 0.15) is 6.61 Å².